The van der Waals surface area contributed by atoms with Gasteiger partial charge in [0.05, 0.1) is 0 Å². The Labute approximate surface area is 103 Å². The van der Waals surface area contributed by atoms with Gasteiger partial charge in [0.15, 0.2) is 0 Å². The minimum Gasteiger partial charge on any atom is -0.368 e. The fourth-order valence-corrected chi connectivity index (χ4v) is 2.13. The molecule has 6 heteroatoms. The van der Waals surface area contributed by atoms with Gasteiger partial charge in [-0.15, -0.1) is 0 Å². The number of nitrogens with zero attached hydrogens (tertiary/aromatic N) is 4. The van der Waals surface area contributed by atoms with E-state index in [9.17, 15) is 0 Å². The van der Waals surface area contributed by atoms with Crippen molar-refractivity contribution in [2.24, 2.45) is 0 Å². The predicted octanol–water partition coefficient (Wildman–Crippen LogP) is 1.63. The highest BCUT2D eigenvalue weighted by Crippen LogP contribution is 2.26. The molecule has 0 radical (unpaired) electrons. The molecule has 0 unspecified atom stereocenters. The fourth-order valence-electron chi connectivity index (χ4n) is 1.97. The van der Waals surface area contributed by atoms with Gasteiger partial charge < -0.3 is 10.6 Å². The number of hydrogen-bond donors (Lipinski definition) is 1. The van der Waals surface area contributed by atoms with Crippen molar-refractivity contribution in [2.45, 2.75) is 13.1 Å². The van der Waals surface area contributed by atoms with Gasteiger partial charge >= 0.3 is 0 Å². The van der Waals surface area contributed by atoms with Crippen molar-refractivity contribution in [1.29, 1.82) is 0 Å². The number of benzene rings is 1. The first-order chi connectivity index (χ1) is 8.22. The molecule has 0 fully saturated rings. The van der Waals surface area contributed by atoms with E-state index < -0.39 is 0 Å². The summed E-state index contributed by atoms with van der Waals surface area (Å²) >= 11 is 5.77. The molecule has 1 aliphatic heterocycles. The number of hydrogen-bond acceptors (Lipinski definition) is 5. The molecule has 2 aromatic rings. The maximum Gasteiger partial charge on any atom is 0.232 e. The van der Waals surface area contributed by atoms with Crippen molar-refractivity contribution in [3.05, 3.63) is 40.7 Å². The van der Waals surface area contributed by atoms with Gasteiger partial charge in [-0.1, -0.05) is 24.3 Å². The van der Waals surface area contributed by atoms with Gasteiger partial charge in [0, 0.05) is 13.1 Å². The Balaban J connectivity index is 1.93. The molecule has 0 bridgehead atoms. The number of halogens is 1. The average molecular weight is 248 g/mol. The Hall–Kier alpha value is -1.88. The molecule has 1 aromatic heterocycles. The second-order valence-electron chi connectivity index (χ2n) is 3.89. The van der Waals surface area contributed by atoms with E-state index in [1.54, 1.807) is 0 Å². The summed E-state index contributed by atoms with van der Waals surface area (Å²) < 4.78 is 0. The van der Waals surface area contributed by atoms with Crippen LogP contribution in [0.2, 0.25) is 5.28 Å². The summed E-state index contributed by atoms with van der Waals surface area (Å²) in [5.41, 5.74) is 8.12. The Kier molecular flexibility index (Phi) is 2.33. The van der Waals surface area contributed by atoms with Gasteiger partial charge in [-0.2, -0.15) is 15.0 Å². The predicted molar refractivity (Wildman–Crippen MR) is 65.6 cm³/mol. The summed E-state index contributed by atoms with van der Waals surface area (Å²) in [4.78, 5) is 14.0. The van der Waals surface area contributed by atoms with E-state index in [1.165, 1.54) is 11.1 Å². The monoisotopic (exact) mass is 247 g/mol. The van der Waals surface area contributed by atoms with Crippen LogP contribution in [0.4, 0.5) is 11.9 Å². The number of fused-ring (bicyclic) bond motifs is 1. The molecular weight excluding hydrogens is 238 g/mol. The lowest BCUT2D eigenvalue weighted by Gasteiger charge is -2.14. The van der Waals surface area contributed by atoms with Crippen LogP contribution >= 0.6 is 11.6 Å². The Morgan fingerprint density at radius 2 is 1.71 bits per heavy atom. The lowest BCUT2D eigenvalue weighted by atomic mass is 10.1. The number of rotatable bonds is 1. The summed E-state index contributed by atoms with van der Waals surface area (Å²) in [5.74, 6) is 0.676. The summed E-state index contributed by atoms with van der Waals surface area (Å²) in [6, 6.07) is 8.25. The second kappa shape index (κ2) is 3.85. The van der Waals surface area contributed by atoms with Gasteiger partial charge in [-0.25, -0.2) is 0 Å². The van der Waals surface area contributed by atoms with E-state index >= 15 is 0 Å². The molecule has 0 aliphatic carbocycles. The standard InChI is InChI=1S/C11H10ClN5/c12-9-14-10(13)16-11(15-9)17-5-7-3-1-2-4-8(7)6-17/h1-4H,5-6H2,(H2,13,14,15,16). The third-order valence-corrected chi connectivity index (χ3v) is 2.91. The zero-order valence-corrected chi connectivity index (χ0v) is 9.72. The molecule has 2 N–H and O–H groups in total. The van der Waals surface area contributed by atoms with Gasteiger partial charge in [0.25, 0.3) is 0 Å². The molecule has 0 atom stereocenters. The first kappa shape index (κ1) is 10.3. The van der Waals surface area contributed by atoms with Gasteiger partial charge in [0.2, 0.25) is 17.2 Å². The Bertz CT molecular complexity index is 526. The first-order valence-corrected chi connectivity index (χ1v) is 5.59. The highest BCUT2D eigenvalue weighted by molar-refractivity contribution is 6.28. The van der Waals surface area contributed by atoms with Crippen molar-refractivity contribution < 1.29 is 0 Å². The number of nitrogen functional groups attached to an aromatic ring is 1. The molecule has 1 aliphatic rings. The SMILES string of the molecule is Nc1nc(Cl)nc(N2Cc3ccccc3C2)n1. The van der Waals surface area contributed by atoms with Crippen molar-refractivity contribution in [1.82, 2.24) is 15.0 Å². The molecule has 0 saturated heterocycles. The number of nitrogens with two attached hydrogens (primary N) is 1. The topological polar surface area (TPSA) is 67.9 Å². The lowest BCUT2D eigenvalue weighted by molar-refractivity contribution is 0.820. The molecular formula is C11H10ClN5. The molecule has 2 heterocycles. The number of anilines is 2. The van der Waals surface area contributed by atoms with Crippen LogP contribution in [-0.2, 0) is 13.1 Å². The van der Waals surface area contributed by atoms with Crippen molar-refractivity contribution >= 4 is 23.5 Å². The Morgan fingerprint density at radius 1 is 1.06 bits per heavy atom. The third-order valence-electron chi connectivity index (χ3n) is 2.74. The molecule has 0 saturated carbocycles. The molecule has 17 heavy (non-hydrogen) atoms. The zero-order chi connectivity index (χ0) is 11.8. The van der Waals surface area contributed by atoms with Crippen LogP contribution in [0.15, 0.2) is 24.3 Å². The highest BCUT2D eigenvalue weighted by atomic mass is 35.5. The largest absolute Gasteiger partial charge is 0.368 e. The van der Waals surface area contributed by atoms with Crippen molar-refractivity contribution in [2.75, 3.05) is 10.6 Å². The smallest absolute Gasteiger partial charge is 0.232 e. The third kappa shape index (κ3) is 1.89. The maximum absolute atomic E-state index is 5.77. The van der Waals surface area contributed by atoms with Crippen LogP contribution in [-0.4, -0.2) is 15.0 Å². The van der Waals surface area contributed by atoms with Crippen LogP contribution in [0.3, 0.4) is 0 Å². The Morgan fingerprint density at radius 3 is 2.29 bits per heavy atom. The molecule has 86 valence electrons. The zero-order valence-electron chi connectivity index (χ0n) is 8.97. The van der Waals surface area contributed by atoms with E-state index in [4.69, 9.17) is 17.3 Å². The average Bonchev–Trinajstić information content (AvgIpc) is 2.71. The van der Waals surface area contributed by atoms with Crippen molar-refractivity contribution in [3.63, 3.8) is 0 Å². The van der Waals surface area contributed by atoms with E-state index in [2.05, 4.69) is 27.1 Å². The maximum atomic E-state index is 5.77. The second-order valence-corrected chi connectivity index (χ2v) is 4.23. The number of aromatic nitrogens is 3. The van der Waals surface area contributed by atoms with Gasteiger partial charge in [-0.05, 0) is 22.7 Å². The van der Waals surface area contributed by atoms with Gasteiger partial charge in [0.1, 0.15) is 0 Å². The quantitative estimate of drug-likeness (QED) is 0.830. The lowest BCUT2D eigenvalue weighted by Crippen LogP contribution is -2.18. The minimum atomic E-state index is 0.128. The summed E-state index contributed by atoms with van der Waals surface area (Å²) in [6.07, 6.45) is 0. The fraction of sp³-hybridized carbons (Fsp3) is 0.182. The molecule has 1 aromatic carbocycles. The van der Waals surface area contributed by atoms with E-state index in [-0.39, 0.29) is 11.2 Å². The minimum absolute atomic E-state index is 0.128. The van der Waals surface area contributed by atoms with Crippen LogP contribution in [0.25, 0.3) is 0 Å². The first-order valence-electron chi connectivity index (χ1n) is 5.21. The summed E-state index contributed by atoms with van der Waals surface area (Å²) in [7, 11) is 0. The van der Waals surface area contributed by atoms with Crippen LogP contribution < -0.4 is 10.6 Å². The molecule has 3 rings (SSSR count). The van der Waals surface area contributed by atoms with Crippen LogP contribution in [0.1, 0.15) is 11.1 Å². The van der Waals surface area contributed by atoms with Crippen LogP contribution in [0.5, 0.6) is 0 Å². The molecule has 0 spiro atoms. The van der Waals surface area contributed by atoms with E-state index in [0.29, 0.717) is 5.95 Å². The normalized spacial score (nSPS) is 13.8. The molecule has 0 amide bonds. The highest BCUT2D eigenvalue weighted by Gasteiger charge is 2.21. The van der Waals surface area contributed by atoms with Crippen LogP contribution in [0, 0.1) is 0 Å². The summed E-state index contributed by atoms with van der Waals surface area (Å²) in [6.45, 7) is 1.55. The van der Waals surface area contributed by atoms with Crippen molar-refractivity contribution in [3.8, 4) is 0 Å². The van der Waals surface area contributed by atoms with Gasteiger partial charge in [-0.3, -0.25) is 0 Å². The van der Waals surface area contributed by atoms with E-state index in [0.717, 1.165) is 13.1 Å². The molecule has 5 nitrogen and oxygen atoms in total. The summed E-state index contributed by atoms with van der Waals surface area (Å²) in [5, 5.41) is 0.128. The van der Waals surface area contributed by atoms with E-state index in [1.807, 2.05) is 17.0 Å².